The highest BCUT2D eigenvalue weighted by molar-refractivity contribution is 6.30. The van der Waals surface area contributed by atoms with Gasteiger partial charge >= 0.3 is 0 Å². The number of hydrogen-bond acceptors (Lipinski definition) is 4. The Hall–Kier alpha value is -3.35. The van der Waals surface area contributed by atoms with Gasteiger partial charge in [-0.1, -0.05) is 54.1 Å². The van der Waals surface area contributed by atoms with E-state index in [1.165, 1.54) is 11.1 Å². The number of ether oxygens (including phenoxy) is 1. The first-order valence-electron chi connectivity index (χ1n) is 14.9. The van der Waals surface area contributed by atoms with Gasteiger partial charge < -0.3 is 19.5 Å². The average Bonchev–Trinajstić information content (AvgIpc) is 3.35. The van der Waals surface area contributed by atoms with Crippen molar-refractivity contribution in [1.29, 1.82) is 0 Å². The van der Waals surface area contributed by atoms with Crippen LogP contribution in [0.3, 0.4) is 0 Å². The minimum atomic E-state index is 0.0478. The lowest BCUT2D eigenvalue weighted by molar-refractivity contribution is -0.122. The van der Waals surface area contributed by atoms with Gasteiger partial charge in [0, 0.05) is 18.0 Å². The molecule has 1 amide bonds. The smallest absolute Gasteiger partial charge is 0.220 e. The number of rotatable bonds is 12. The number of fused-ring (bicyclic) bond motifs is 1. The highest BCUT2D eigenvalue weighted by Crippen LogP contribution is 2.25. The lowest BCUT2D eigenvalue weighted by Gasteiger charge is -2.32. The SMILES string of the molecule is Cc1cccc2c1nc(COc1ccc(Cl)cc1)n2CCCN1CCC(CCC(=O)NC(C)c2ccccc2)CC1. The second-order valence-corrected chi connectivity index (χ2v) is 11.7. The minimum Gasteiger partial charge on any atom is -0.486 e. The summed E-state index contributed by atoms with van der Waals surface area (Å²) in [4.78, 5) is 20.1. The first kappa shape index (κ1) is 29.2. The third-order valence-corrected chi connectivity index (χ3v) is 8.51. The van der Waals surface area contributed by atoms with Crippen LogP contribution in [0.4, 0.5) is 0 Å². The van der Waals surface area contributed by atoms with E-state index in [0.717, 1.165) is 74.5 Å². The van der Waals surface area contributed by atoms with E-state index >= 15 is 0 Å². The van der Waals surface area contributed by atoms with Gasteiger partial charge in [-0.2, -0.15) is 0 Å². The molecule has 1 aliphatic rings. The highest BCUT2D eigenvalue weighted by atomic mass is 35.5. The molecule has 1 N–H and O–H groups in total. The number of nitrogens with zero attached hydrogens (tertiary/aromatic N) is 3. The number of imidazole rings is 1. The minimum absolute atomic E-state index is 0.0478. The number of para-hydroxylation sites is 1. The highest BCUT2D eigenvalue weighted by Gasteiger charge is 2.21. The molecule has 1 unspecified atom stereocenters. The third kappa shape index (κ3) is 7.90. The van der Waals surface area contributed by atoms with Crippen molar-refractivity contribution < 1.29 is 9.53 Å². The fraction of sp³-hybridized carbons (Fsp3) is 0.412. The van der Waals surface area contributed by atoms with Crippen LogP contribution in [-0.2, 0) is 17.9 Å². The van der Waals surface area contributed by atoms with Gasteiger partial charge in [0.05, 0.1) is 17.1 Å². The monoisotopic (exact) mass is 572 g/mol. The standard InChI is InChI=1S/C34H41ClN4O2/c1-25-8-6-11-31-34(25)37-32(24-41-30-15-13-29(35)14-16-30)39(31)21-7-20-38-22-18-27(19-23-38)12-17-33(40)36-26(2)28-9-4-3-5-10-28/h3-6,8-11,13-16,26-27H,7,12,17-24H2,1-2H3,(H,36,40). The zero-order valence-electron chi connectivity index (χ0n) is 24.2. The van der Waals surface area contributed by atoms with E-state index in [1.807, 2.05) is 42.5 Å². The van der Waals surface area contributed by atoms with Crippen molar-refractivity contribution in [3.8, 4) is 5.75 Å². The first-order valence-corrected chi connectivity index (χ1v) is 15.2. The predicted octanol–water partition coefficient (Wildman–Crippen LogP) is 7.34. The summed E-state index contributed by atoms with van der Waals surface area (Å²) in [6.45, 7) is 8.74. The number of amides is 1. The molecule has 0 spiro atoms. The van der Waals surface area contributed by atoms with Crippen LogP contribution in [0.2, 0.25) is 5.02 Å². The van der Waals surface area contributed by atoms with Gasteiger partial charge in [-0.3, -0.25) is 4.79 Å². The maximum absolute atomic E-state index is 12.5. The molecule has 1 aliphatic heterocycles. The molecule has 216 valence electrons. The lowest BCUT2D eigenvalue weighted by atomic mass is 9.92. The summed E-state index contributed by atoms with van der Waals surface area (Å²) in [5.74, 6) is 2.52. The summed E-state index contributed by atoms with van der Waals surface area (Å²) in [6, 6.07) is 24.0. The molecule has 1 saturated heterocycles. The normalized spacial score (nSPS) is 15.2. The number of benzene rings is 3. The molecule has 1 fully saturated rings. The van der Waals surface area contributed by atoms with E-state index in [1.54, 1.807) is 0 Å². The number of carbonyl (C=O) groups excluding carboxylic acids is 1. The summed E-state index contributed by atoms with van der Waals surface area (Å²) >= 11 is 6.03. The van der Waals surface area contributed by atoms with Gasteiger partial charge in [0.15, 0.2) is 0 Å². The predicted molar refractivity (Wildman–Crippen MR) is 166 cm³/mol. The number of nitrogens with one attached hydrogen (secondary N) is 1. The van der Waals surface area contributed by atoms with Crippen LogP contribution in [0, 0.1) is 12.8 Å². The van der Waals surface area contributed by atoms with E-state index < -0.39 is 0 Å². The number of likely N-dealkylation sites (tertiary alicyclic amines) is 1. The van der Waals surface area contributed by atoms with Crippen LogP contribution in [0.1, 0.15) is 62.0 Å². The van der Waals surface area contributed by atoms with Gasteiger partial charge in [0.25, 0.3) is 0 Å². The van der Waals surface area contributed by atoms with E-state index in [2.05, 4.69) is 59.0 Å². The van der Waals surface area contributed by atoms with Crippen LogP contribution in [0.15, 0.2) is 72.8 Å². The van der Waals surface area contributed by atoms with Crippen LogP contribution in [0.25, 0.3) is 11.0 Å². The summed E-state index contributed by atoms with van der Waals surface area (Å²) in [5, 5.41) is 3.85. The molecule has 41 heavy (non-hydrogen) atoms. The third-order valence-electron chi connectivity index (χ3n) is 8.26. The van der Waals surface area contributed by atoms with E-state index in [0.29, 0.717) is 24.0 Å². The molecule has 2 heterocycles. The van der Waals surface area contributed by atoms with Crippen molar-refractivity contribution >= 4 is 28.5 Å². The Morgan fingerprint density at radius 1 is 1.02 bits per heavy atom. The topological polar surface area (TPSA) is 59.4 Å². The van der Waals surface area contributed by atoms with Crippen LogP contribution < -0.4 is 10.1 Å². The largest absolute Gasteiger partial charge is 0.486 e. The van der Waals surface area contributed by atoms with Crippen molar-refractivity contribution in [1.82, 2.24) is 19.8 Å². The quantitative estimate of drug-likeness (QED) is 0.193. The molecule has 1 atom stereocenters. The molecule has 0 aliphatic carbocycles. The molecule has 5 rings (SSSR count). The molecule has 4 aromatic rings. The summed E-state index contributed by atoms with van der Waals surface area (Å²) in [7, 11) is 0. The fourth-order valence-electron chi connectivity index (χ4n) is 5.80. The molecule has 1 aromatic heterocycles. The summed E-state index contributed by atoms with van der Waals surface area (Å²) < 4.78 is 8.39. The van der Waals surface area contributed by atoms with Crippen LogP contribution in [-0.4, -0.2) is 40.0 Å². The molecular weight excluding hydrogens is 532 g/mol. The van der Waals surface area contributed by atoms with Crippen molar-refractivity contribution in [3.05, 3.63) is 94.8 Å². The Kier molecular flexibility index (Phi) is 9.97. The number of aromatic nitrogens is 2. The second-order valence-electron chi connectivity index (χ2n) is 11.2. The molecule has 3 aromatic carbocycles. The van der Waals surface area contributed by atoms with E-state index in [-0.39, 0.29) is 11.9 Å². The molecule has 0 radical (unpaired) electrons. The maximum Gasteiger partial charge on any atom is 0.220 e. The Labute approximate surface area is 248 Å². The van der Waals surface area contributed by atoms with Gasteiger partial charge in [-0.05, 0) is 107 Å². The Morgan fingerprint density at radius 3 is 2.54 bits per heavy atom. The molecule has 0 bridgehead atoms. The van der Waals surface area contributed by atoms with Crippen molar-refractivity contribution in [2.24, 2.45) is 5.92 Å². The number of halogens is 1. The molecule has 6 nitrogen and oxygen atoms in total. The summed E-state index contributed by atoms with van der Waals surface area (Å²) in [5.41, 5.74) is 4.54. The van der Waals surface area contributed by atoms with Gasteiger partial charge in [-0.15, -0.1) is 0 Å². The lowest BCUT2D eigenvalue weighted by Crippen LogP contribution is -2.35. The Bertz CT molecular complexity index is 1410. The van der Waals surface area contributed by atoms with Crippen LogP contribution >= 0.6 is 11.6 Å². The Morgan fingerprint density at radius 2 is 1.78 bits per heavy atom. The first-order chi connectivity index (χ1) is 20.0. The molecular formula is C34H41ClN4O2. The van der Waals surface area contributed by atoms with E-state index in [4.69, 9.17) is 21.3 Å². The maximum atomic E-state index is 12.5. The number of hydrogen-bond donors (Lipinski definition) is 1. The summed E-state index contributed by atoms with van der Waals surface area (Å²) in [6.07, 6.45) is 4.95. The second kappa shape index (κ2) is 14.0. The zero-order chi connectivity index (χ0) is 28.6. The van der Waals surface area contributed by atoms with Crippen molar-refractivity contribution in [2.45, 2.75) is 65.1 Å². The average molecular weight is 573 g/mol. The van der Waals surface area contributed by atoms with Gasteiger partial charge in [0.1, 0.15) is 18.2 Å². The fourth-order valence-corrected chi connectivity index (χ4v) is 5.92. The van der Waals surface area contributed by atoms with Crippen molar-refractivity contribution in [3.63, 3.8) is 0 Å². The number of aryl methyl sites for hydroxylation is 2. The Balaban J connectivity index is 1.08. The number of piperidine rings is 1. The van der Waals surface area contributed by atoms with Crippen LogP contribution in [0.5, 0.6) is 5.75 Å². The number of carbonyl (C=O) groups is 1. The van der Waals surface area contributed by atoms with Crippen molar-refractivity contribution in [2.75, 3.05) is 19.6 Å². The molecule has 0 saturated carbocycles. The van der Waals surface area contributed by atoms with E-state index in [9.17, 15) is 4.79 Å². The zero-order valence-corrected chi connectivity index (χ0v) is 24.9. The van der Waals surface area contributed by atoms with Gasteiger partial charge in [-0.25, -0.2) is 4.98 Å². The molecule has 7 heteroatoms. The van der Waals surface area contributed by atoms with Gasteiger partial charge in [0.2, 0.25) is 5.91 Å².